The normalized spacial score (nSPS) is 18.1. The number of amides is 1. The lowest BCUT2D eigenvalue weighted by Crippen LogP contribution is -2.36. The number of benzene rings is 2. The topological polar surface area (TPSA) is 78.7 Å². The van der Waals surface area contributed by atoms with Gasteiger partial charge in [0.1, 0.15) is 17.8 Å². The molecular formula is C28H31Cl2F2N5O2S. The van der Waals surface area contributed by atoms with E-state index >= 15 is 4.39 Å². The fourth-order valence-corrected chi connectivity index (χ4v) is 6.35. The molecule has 2 aromatic carbocycles. The first kappa shape index (κ1) is 30.3. The van der Waals surface area contributed by atoms with Crippen LogP contribution < -0.4 is 10.6 Å². The highest BCUT2D eigenvalue weighted by atomic mass is 35.5. The number of Topliss-reactive ketones (excluding diaryl/α,β-unsaturated/α-hetero) is 1. The smallest absolute Gasteiger partial charge is 0.251 e. The summed E-state index contributed by atoms with van der Waals surface area (Å²) >= 11 is 1.45. The highest BCUT2D eigenvalue weighted by Crippen LogP contribution is 2.32. The van der Waals surface area contributed by atoms with Crippen molar-refractivity contribution in [3.05, 3.63) is 59.5 Å². The summed E-state index contributed by atoms with van der Waals surface area (Å²) in [5, 5.41) is 6.09. The molecule has 0 aliphatic carbocycles. The lowest BCUT2D eigenvalue weighted by Gasteiger charge is -2.28. The number of piperidine rings is 1. The van der Waals surface area contributed by atoms with E-state index in [9.17, 15) is 14.0 Å². The van der Waals surface area contributed by atoms with Gasteiger partial charge in [-0.15, -0.1) is 24.8 Å². The molecule has 2 aliphatic heterocycles. The van der Waals surface area contributed by atoms with Crippen LogP contribution in [0.15, 0.2) is 42.6 Å². The van der Waals surface area contributed by atoms with E-state index in [1.807, 2.05) is 28.8 Å². The Hall–Kier alpha value is -2.63. The van der Waals surface area contributed by atoms with Gasteiger partial charge in [-0.25, -0.2) is 13.8 Å². The Balaban J connectivity index is 0.00000185. The van der Waals surface area contributed by atoms with E-state index in [4.69, 9.17) is 0 Å². The molecule has 4 aromatic rings. The molecule has 2 aromatic heterocycles. The second-order valence-electron chi connectivity index (χ2n) is 10.1. The molecule has 2 aliphatic rings. The molecule has 1 amide bonds. The van der Waals surface area contributed by atoms with Crippen LogP contribution in [0.1, 0.15) is 47.6 Å². The number of halogens is 4. The summed E-state index contributed by atoms with van der Waals surface area (Å²) < 4.78 is 31.1. The summed E-state index contributed by atoms with van der Waals surface area (Å²) in [6.45, 7) is 3.32. The van der Waals surface area contributed by atoms with E-state index in [-0.39, 0.29) is 48.4 Å². The van der Waals surface area contributed by atoms with Gasteiger partial charge >= 0.3 is 0 Å². The van der Waals surface area contributed by atoms with Crippen molar-refractivity contribution in [2.75, 3.05) is 32.7 Å². The average molecular weight is 611 g/mol. The molecular weight excluding hydrogens is 579 g/mol. The average Bonchev–Trinajstić information content (AvgIpc) is 3.61. The zero-order valence-corrected chi connectivity index (χ0v) is 24.1. The van der Waals surface area contributed by atoms with Crippen LogP contribution in [0.4, 0.5) is 8.78 Å². The molecule has 0 saturated carbocycles. The summed E-state index contributed by atoms with van der Waals surface area (Å²) in [4.78, 5) is 31.9. The van der Waals surface area contributed by atoms with Crippen LogP contribution in [0.5, 0.6) is 0 Å². The van der Waals surface area contributed by atoms with E-state index in [1.54, 1.807) is 12.1 Å². The van der Waals surface area contributed by atoms with Gasteiger partial charge in [0.05, 0.1) is 22.5 Å². The fraction of sp³-hybridized carbons (Fsp3) is 0.393. The minimum Gasteiger partial charge on any atom is -0.352 e. The van der Waals surface area contributed by atoms with Crippen LogP contribution in [-0.2, 0) is 4.79 Å². The number of nitrogens with zero attached hydrogens (tertiary/aromatic N) is 3. The van der Waals surface area contributed by atoms with Gasteiger partial charge in [-0.1, -0.05) is 17.4 Å². The highest BCUT2D eigenvalue weighted by Gasteiger charge is 2.24. The Kier molecular flexibility index (Phi) is 9.79. The van der Waals surface area contributed by atoms with Crippen LogP contribution in [-0.4, -0.2) is 64.9 Å². The molecule has 1 unspecified atom stereocenters. The maximum absolute atomic E-state index is 15.0. The van der Waals surface area contributed by atoms with Crippen molar-refractivity contribution in [1.29, 1.82) is 0 Å². The predicted octanol–water partition coefficient (Wildman–Crippen LogP) is 5.36. The number of aromatic nitrogens is 2. The minimum absolute atomic E-state index is 0. The number of nitrogens with one attached hydrogen (secondary N) is 2. The zero-order chi connectivity index (χ0) is 26.2. The van der Waals surface area contributed by atoms with Crippen LogP contribution in [0, 0.1) is 5.82 Å². The number of alkyl halides is 1. The summed E-state index contributed by atoms with van der Waals surface area (Å²) in [6, 6.07) is 10.4. The van der Waals surface area contributed by atoms with Crippen LogP contribution in [0.25, 0.3) is 26.4 Å². The SMILES string of the molecule is Cl.Cl.O=C1CNC(c2ccc(-c3cn4c(n3)sc3cc(C(=O)NCCCN5CCC(F)CC5)ccc34)c(F)c2)C1. The number of rotatable bonds is 7. The van der Waals surface area contributed by atoms with Crippen molar-refractivity contribution in [3.8, 4) is 11.3 Å². The number of likely N-dealkylation sites (tertiary alicyclic amines) is 1. The number of hydrogen-bond acceptors (Lipinski definition) is 6. The monoisotopic (exact) mass is 609 g/mol. The number of carbonyl (C=O) groups excluding carboxylic acids is 2. The molecule has 4 heterocycles. The maximum atomic E-state index is 15.0. The largest absolute Gasteiger partial charge is 0.352 e. The lowest BCUT2D eigenvalue weighted by atomic mass is 10.0. The predicted molar refractivity (Wildman–Crippen MR) is 158 cm³/mol. The van der Waals surface area contributed by atoms with Crippen molar-refractivity contribution in [3.63, 3.8) is 0 Å². The molecule has 2 fully saturated rings. The Bertz CT molecular complexity index is 1520. The number of fused-ring (bicyclic) bond motifs is 3. The molecule has 214 valence electrons. The van der Waals surface area contributed by atoms with E-state index in [1.165, 1.54) is 17.4 Å². The first-order chi connectivity index (χ1) is 18.4. The first-order valence-corrected chi connectivity index (χ1v) is 13.9. The summed E-state index contributed by atoms with van der Waals surface area (Å²) in [7, 11) is 0. The van der Waals surface area contributed by atoms with Crippen molar-refractivity contribution in [2.45, 2.75) is 37.9 Å². The van der Waals surface area contributed by atoms with Gasteiger partial charge in [0.2, 0.25) is 0 Å². The third-order valence-electron chi connectivity index (χ3n) is 7.46. The fourth-order valence-electron chi connectivity index (χ4n) is 5.30. The minimum atomic E-state index is -0.673. The van der Waals surface area contributed by atoms with Gasteiger partial charge in [-0.2, -0.15) is 0 Å². The Morgan fingerprint density at radius 3 is 2.67 bits per heavy atom. The standard InChI is InChI=1S/C28H29F2N5O2S.2ClH/c29-19-6-10-34(11-7-19)9-1-8-31-27(37)18-3-5-25-26(13-18)38-28-33-24(16-35(25)28)21-4-2-17(12-22(21)30)23-14-20(36)15-32-23;;/h2-5,12-13,16,19,23,32H,1,6-11,14-15H2,(H,31,37);2*1H. The maximum Gasteiger partial charge on any atom is 0.251 e. The Morgan fingerprint density at radius 1 is 1.15 bits per heavy atom. The van der Waals surface area contributed by atoms with E-state index in [0.29, 0.717) is 49.2 Å². The van der Waals surface area contributed by atoms with Crippen LogP contribution >= 0.6 is 36.2 Å². The third kappa shape index (κ3) is 6.31. The van der Waals surface area contributed by atoms with Crippen LogP contribution in [0.2, 0.25) is 0 Å². The van der Waals surface area contributed by atoms with Gasteiger partial charge < -0.3 is 15.5 Å². The Morgan fingerprint density at radius 2 is 1.95 bits per heavy atom. The number of ketones is 1. The highest BCUT2D eigenvalue weighted by molar-refractivity contribution is 7.23. The molecule has 1 atom stereocenters. The quantitative estimate of drug-likeness (QED) is 0.276. The van der Waals surface area contributed by atoms with Crippen molar-refractivity contribution in [1.82, 2.24) is 24.9 Å². The van der Waals surface area contributed by atoms with Crippen molar-refractivity contribution >= 4 is 63.0 Å². The number of thiazole rings is 1. The molecule has 40 heavy (non-hydrogen) atoms. The van der Waals surface area contributed by atoms with E-state index < -0.39 is 6.17 Å². The second kappa shape index (κ2) is 12.9. The Labute approximate surface area is 247 Å². The molecule has 0 radical (unpaired) electrons. The van der Waals surface area contributed by atoms with Gasteiger partial charge in [0.15, 0.2) is 4.96 Å². The van der Waals surface area contributed by atoms with Crippen molar-refractivity contribution in [2.24, 2.45) is 0 Å². The number of hydrogen-bond donors (Lipinski definition) is 2. The van der Waals surface area contributed by atoms with E-state index in [0.717, 1.165) is 46.8 Å². The van der Waals surface area contributed by atoms with Crippen molar-refractivity contribution < 1.29 is 18.4 Å². The molecule has 6 rings (SSSR count). The third-order valence-corrected chi connectivity index (χ3v) is 8.48. The van der Waals surface area contributed by atoms with Crippen LogP contribution in [0.3, 0.4) is 0 Å². The molecule has 7 nitrogen and oxygen atoms in total. The molecule has 2 saturated heterocycles. The number of imidazole rings is 1. The molecule has 2 N–H and O–H groups in total. The lowest BCUT2D eigenvalue weighted by molar-refractivity contribution is -0.116. The van der Waals surface area contributed by atoms with Gasteiger partial charge in [-0.05, 0) is 61.7 Å². The molecule has 0 spiro atoms. The van der Waals surface area contributed by atoms with E-state index in [2.05, 4.69) is 20.5 Å². The van der Waals surface area contributed by atoms with Gasteiger partial charge in [0, 0.05) is 49.4 Å². The van der Waals surface area contributed by atoms with Gasteiger partial charge in [0.25, 0.3) is 5.91 Å². The van der Waals surface area contributed by atoms with Gasteiger partial charge in [-0.3, -0.25) is 14.0 Å². The summed E-state index contributed by atoms with van der Waals surface area (Å²) in [6.07, 6.45) is 3.54. The second-order valence-corrected chi connectivity index (χ2v) is 11.1. The zero-order valence-electron chi connectivity index (χ0n) is 21.7. The summed E-state index contributed by atoms with van der Waals surface area (Å²) in [5.41, 5.74) is 3.20. The first-order valence-electron chi connectivity index (χ1n) is 13.1. The molecule has 12 heteroatoms. The number of carbonyl (C=O) groups is 2. The molecule has 0 bridgehead atoms. The summed E-state index contributed by atoms with van der Waals surface area (Å²) in [5.74, 6) is -0.362.